The normalized spacial score (nSPS) is 19.6. The van der Waals surface area contributed by atoms with Crippen molar-refractivity contribution in [3.8, 4) is 0 Å². The number of benzene rings is 1. The van der Waals surface area contributed by atoms with Crippen LogP contribution in [0.3, 0.4) is 0 Å². The van der Waals surface area contributed by atoms with Gasteiger partial charge in [0.25, 0.3) is 0 Å². The van der Waals surface area contributed by atoms with Crippen LogP contribution in [0.5, 0.6) is 0 Å². The Morgan fingerprint density at radius 3 is 3.05 bits per heavy atom. The van der Waals surface area contributed by atoms with Gasteiger partial charge in [-0.05, 0) is 43.2 Å². The lowest BCUT2D eigenvalue weighted by atomic mass is 9.82. The van der Waals surface area contributed by atoms with Crippen LogP contribution in [0, 0.1) is 0 Å². The number of halogens is 1. The number of aryl methyl sites for hydroxylation is 1. The Morgan fingerprint density at radius 1 is 1.47 bits per heavy atom. The molecule has 2 nitrogen and oxygen atoms in total. The van der Waals surface area contributed by atoms with Crippen LogP contribution in [-0.4, -0.2) is 17.3 Å². The topological polar surface area (TPSA) is 29.1 Å². The zero-order valence-electron chi connectivity index (χ0n) is 11.5. The van der Waals surface area contributed by atoms with Crippen molar-refractivity contribution >= 4 is 21.8 Å². The van der Waals surface area contributed by atoms with E-state index in [1.54, 1.807) is 0 Å². The van der Waals surface area contributed by atoms with Crippen LogP contribution in [-0.2, 0) is 11.2 Å². The van der Waals surface area contributed by atoms with E-state index in [2.05, 4.69) is 46.4 Å². The Morgan fingerprint density at radius 2 is 2.26 bits per heavy atom. The van der Waals surface area contributed by atoms with Crippen LogP contribution >= 0.6 is 15.9 Å². The number of amides is 1. The predicted octanol–water partition coefficient (Wildman–Crippen LogP) is 3.79. The van der Waals surface area contributed by atoms with Crippen LogP contribution in [0.2, 0.25) is 0 Å². The minimum atomic E-state index is 0.0614. The fourth-order valence-corrected chi connectivity index (χ4v) is 3.07. The highest BCUT2D eigenvalue weighted by Gasteiger charge is 2.25. The van der Waals surface area contributed by atoms with Gasteiger partial charge in [0.1, 0.15) is 0 Å². The molecule has 2 atom stereocenters. The lowest BCUT2D eigenvalue weighted by Crippen LogP contribution is -2.32. The fraction of sp³-hybridized carbons (Fsp3) is 0.562. The van der Waals surface area contributed by atoms with Crippen LogP contribution < -0.4 is 5.32 Å². The zero-order valence-corrected chi connectivity index (χ0v) is 13.1. The summed E-state index contributed by atoms with van der Waals surface area (Å²) in [6.07, 6.45) is 5.35. The van der Waals surface area contributed by atoms with Crippen LogP contribution in [0.25, 0.3) is 0 Å². The number of carbonyl (C=O) groups is 1. The second-order valence-corrected chi connectivity index (χ2v) is 6.92. The van der Waals surface area contributed by atoms with Crippen LogP contribution in [0.1, 0.15) is 49.7 Å². The van der Waals surface area contributed by atoms with Gasteiger partial charge in [-0.1, -0.05) is 47.1 Å². The van der Waals surface area contributed by atoms with Crippen molar-refractivity contribution < 1.29 is 4.79 Å². The largest absolute Gasteiger partial charge is 0.356 e. The first-order chi connectivity index (χ1) is 9.18. The van der Waals surface area contributed by atoms with E-state index in [1.807, 2.05) is 6.07 Å². The quantitative estimate of drug-likeness (QED) is 0.648. The van der Waals surface area contributed by atoms with Crippen LogP contribution in [0.4, 0.5) is 0 Å². The second-order valence-electron chi connectivity index (χ2n) is 5.36. The summed E-state index contributed by atoms with van der Waals surface area (Å²) in [5, 5.41) is 3.09. The number of carbonyl (C=O) groups excluding carboxylic acids is 1. The van der Waals surface area contributed by atoms with Crippen molar-refractivity contribution in [3.63, 3.8) is 0 Å². The first-order valence-corrected chi connectivity index (χ1v) is 8.09. The Hall–Kier alpha value is -0.830. The summed E-state index contributed by atoms with van der Waals surface area (Å²) in [6, 6.07) is 8.37. The number of hydrogen-bond donors (Lipinski definition) is 1. The van der Waals surface area contributed by atoms with Crippen molar-refractivity contribution in [1.29, 1.82) is 0 Å². The summed E-state index contributed by atoms with van der Waals surface area (Å²) in [5.41, 5.74) is 2.59. The van der Waals surface area contributed by atoms with E-state index >= 15 is 0 Å². The molecule has 1 aromatic carbocycles. The smallest absolute Gasteiger partial charge is 0.227 e. The van der Waals surface area contributed by atoms with Crippen molar-refractivity contribution in [1.82, 2.24) is 5.32 Å². The number of nitrogens with one attached hydrogen (secondary N) is 1. The van der Waals surface area contributed by atoms with E-state index in [0.717, 1.165) is 38.6 Å². The van der Waals surface area contributed by atoms with E-state index in [-0.39, 0.29) is 11.8 Å². The Bertz CT molecular complexity index is 431. The third-order valence-electron chi connectivity index (χ3n) is 3.76. The number of alkyl halides is 1. The zero-order chi connectivity index (χ0) is 13.7. The van der Waals surface area contributed by atoms with E-state index in [4.69, 9.17) is 0 Å². The number of rotatable bonds is 5. The highest BCUT2D eigenvalue weighted by molar-refractivity contribution is 9.09. The lowest BCUT2D eigenvalue weighted by molar-refractivity contribution is -0.122. The molecule has 0 bridgehead atoms. The van der Waals surface area contributed by atoms with Gasteiger partial charge >= 0.3 is 0 Å². The van der Waals surface area contributed by atoms with Crippen molar-refractivity contribution in [2.45, 2.75) is 49.8 Å². The minimum absolute atomic E-state index is 0.0614. The highest BCUT2D eigenvalue weighted by Crippen LogP contribution is 2.31. The molecule has 0 heterocycles. The summed E-state index contributed by atoms with van der Waals surface area (Å²) in [6.45, 7) is 2.92. The summed E-state index contributed by atoms with van der Waals surface area (Å²) < 4.78 is 0. The van der Waals surface area contributed by atoms with E-state index in [1.165, 1.54) is 11.1 Å². The summed E-state index contributed by atoms with van der Waals surface area (Å²) in [7, 11) is 0. The molecule has 0 saturated carbocycles. The molecule has 3 heteroatoms. The maximum absolute atomic E-state index is 12.3. The molecular formula is C16H22BrNO. The molecule has 0 spiro atoms. The predicted molar refractivity (Wildman–Crippen MR) is 82.8 cm³/mol. The summed E-state index contributed by atoms with van der Waals surface area (Å²) in [4.78, 5) is 12.8. The van der Waals surface area contributed by atoms with Gasteiger partial charge < -0.3 is 5.32 Å². The SMILES string of the molecule is CC(Br)CCCNC(=O)C1CCCc2ccccc21. The van der Waals surface area contributed by atoms with Gasteiger partial charge in [-0.25, -0.2) is 0 Å². The average Bonchev–Trinajstić information content (AvgIpc) is 2.42. The molecule has 0 radical (unpaired) electrons. The molecule has 19 heavy (non-hydrogen) atoms. The maximum atomic E-state index is 12.3. The molecule has 2 rings (SSSR count). The van der Waals surface area contributed by atoms with Gasteiger partial charge in [-0.3, -0.25) is 4.79 Å². The molecule has 1 N–H and O–H groups in total. The average molecular weight is 324 g/mol. The van der Waals surface area contributed by atoms with Crippen molar-refractivity contribution in [2.75, 3.05) is 6.54 Å². The molecule has 2 unspecified atom stereocenters. The number of fused-ring (bicyclic) bond motifs is 1. The molecule has 104 valence electrons. The van der Waals surface area contributed by atoms with E-state index < -0.39 is 0 Å². The third-order valence-corrected chi connectivity index (χ3v) is 4.22. The molecule has 0 aromatic heterocycles. The molecular weight excluding hydrogens is 302 g/mol. The Kier molecular flexibility index (Phi) is 5.44. The molecule has 1 amide bonds. The van der Waals surface area contributed by atoms with Crippen molar-refractivity contribution in [3.05, 3.63) is 35.4 Å². The first kappa shape index (κ1) is 14.6. The van der Waals surface area contributed by atoms with E-state index in [9.17, 15) is 4.79 Å². The van der Waals surface area contributed by atoms with Gasteiger partial charge in [0.15, 0.2) is 0 Å². The van der Waals surface area contributed by atoms with Crippen LogP contribution in [0.15, 0.2) is 24.3 Å². The lowest BCUT2D eigenvalue weighted by Gasteiger charge is -2.24. The van der Waals surface area contributed by atoms with Gasteiger partial charge in [-0.15, -0.1) is 0 Å². The molecule has 1 aromatic rings. The molecule has 1 aliphatic rings. The molecule has 0 aliphatic heterocycles. The molecule has 0 saturated heterocycles. The van der Waals surface area contributed by atoms with Gasteiger partial charge in [-0.2, -0.15) is 0 Å². The van der Waals surface area contributed by atoms with Gasteiger partial charge in [0, 0.05) is 11.4 Å². The second kappa shape index (κ2) is 7.09. The number of hydrogen-bond acceptors (Lipinski definition) is 1. The highest BCUT2D eigenvalue weighted by atomic mass is 79.9. The third kappa shape index (κ3) is 4.07. The van der Waals surface area contributed by atoms with Gasteiger partial charge in [0.2, 0.25) is 5.91 Å². The molecule has 0 fully saturated rings. The van der Waals surface area contributed by atoms with Crippen molar-refractivity contribution in [2.24, 2.45) is 0 Å². The molecule has 1 aliphatic carbocycles. The fourth-order valence-electron chi connectivity index (χ4n) is 2.74. The Labute approximate surface area is 124 Å². The monoisotopic (exact) mass is 323 g/mol. The summed E-state index contributed by atoms with van der Waals surface area (Å²) >= 11 is 3.53. The van der Waals surface area contributed by atoms with E-state index in [0.29, 0.717) is 4.83 Å². The standard InChI is InChI=1S/C16H22BrNO/c1-12(17)6-5-11-18-16(19)15-10-4-8-13-7-2-3-9-14(13)15/h2-3,7,9,12,15H,4-6,8,10-11H2,1H3,(H,18,19). The maximum Gasteiger partial charge on any atom is 0.227 e. The van der Waals surface area contributed by atoms with Gasteiger partial charge in [0.05, 0.1) is 5.92 Å². The minimum Gasteiger partial charge on any atom is -0.356 e. The first-order valence-electron chi connectivity index (χ1n) is 7.18. The Balaban J connectivity index is 1.90. The summed E-state index contributed by atoms with van der Waals surface area (Å²) in [5.74, 6) is 0.265.